The molecule has 14 heavy (non-hydrogen) atoms. The van der Waals surface area contributed by atoms with Gasteiger partial charge in [0.1, 0.15) is 0 Å². The van der Waals surface area contributed by atoms with E-state index in [9.17, 15) is 0 Å². The Morgan fingerprint density at radius 3 is 2.71 bits per heavy atom. The van der Waals surface area contributed by atoms with Crippen LogP contribution in [0.1, 0.15) is 32.1 Å². The van der Waals surface area contributed by atoms with Crippen LogP contribution in [0.25, 0.3) is 0 Å². The smallest absolute Gasteiger partial charge is 0.0978 e. The summed E-state index contributed by atoms with van der Waals surface area (Å²) in [5, 5.41) is 17.6. The molecular formula is C11H15N3. The van der Waals surface area contributed by atoms with E-state index in [1.54, 1.807) is 0 Å². The van der Waals surface area contributed by atoms with Gasteiger partial charge >= 0.3 is 0 Å². The minimum Gasteiger partial charge on any atom is -0.287 e. The van der Waals surface area contributed by atoms with Crippen LogP contribution in [-0.4, -0.2) is 24.0 Å². The molecule has 3 heteroatoms. The van der Waals surface area contributed by atoms with Crippen molar-refractivity contribution in [3.63, 3.8) is 0 Å². The molecule has 3 nitrogen and oxygen atoms in total. The number of hydrogen-bond donors (Lipinski definition) is 0. The molecule has 0 radical (unpaired) electrons. The summed E-state index contributed by atoms with van der Waals surface area (Å²) in [5.74, 6) is 0. The Balaban J connectivity index is 1.92. The van der Waals surface area contributed by atoms with Gasteiger partial charge in [0.25, 0.3) is 0 Å². The first-order valence-electron chi connectivity index (χ1n) is 5.30. The lowest BCUT2D eigenvalue weighted by Crippen LogP contribution is -2.33. The summed E-state index contributed by atoms with van der Waals surface area (Å²) < 4.78 is 0. The van der Waals surface area contributed by atoms with Crippen molar-refractivity contribution in [3.8, 4) is 12.1 Å². The van der Waals surface area contributed by atoms with Gasteiger partial charge in [-0.1, -0.05) is 0 Å². The fraction of sp³-hybridized carbons (Fsp3) is 0.818. The Morgan fingerprint density at radius 1 is 1.36 bits per heavy atom. The van der Waals surface area contributed by atoms with Gasteiger partial charge in [0.05, 0.1) is 18.2 Å². The van der Waals surface area contributed by atoms with E-state index in [4.69, 9.17) is 10.5 Å². The second-order valence-electron chi connectivity index (χ2n) is 4.59. The Hall–Kier alpha value is -1.06. The molecule has 0 amide bonds. The molecule has 2 aliphatic rings. The third kappa shape index (κ3) is 1.74. The lowest BCUT2D eigenvalue weighted by atomic mass is 10.0. The lowest BCUT2D eigenvalue weighted by molar-refractivity contribution is 0.234. The molecule has 1 unspecified atom stereocenters. The maximum atomic E-state index is 8.93. The third-order valence-electron chi connectivity index (χ3n) is 3.46. The first-order valence-corrected chi connectivity index (χ1v) is 5.30. The van der Waals surface area contributed by atoms with Crippen LogP contribution < -0.4 is 0 Å². The molecule has 1 heterocycles. The molecule has 1 saturated carbocycles. The molecule has 2 rings (SSSR count). The molecule has 1 saturated heterocycles. The number of hydrogen-bond acceptors (Lipinski definition) is 3. The van der Waals surface area contributed by atoms with E-state index in [2.05, 4.69) is 17.0 Å². The molecule has 1 aliphatic carbocycles. The van der Waals surface area contributed by atoms with Crippen molar-refractivity contribution in [1.29, 1.82) is 10.5 Å². The lowest BCUT2D eigenvalue weighted by Gasteiger charge is -2.23. The van der Waals surface area contributed by atoms with Gasteiger partial charge in [0.2, 0.25) is 0 Å². The van der Waals surface area contributed by atoms with Crippen molar-refractivity contribution < 1.29 is 0 Å². The van der Waals surface area contributed by atoms with Gasteiger partial charge in [-0.3, -0.25) is 4.90 Å². The van der Waals surface area contributed by atoms with Crippen LogP contribution in [-0.2, 0) is 0 Å². The standard InChI is InChI=1S/C11H15N3/c12-6-5-11(3-4-11)9-14-7-1-2-10(14)8-13/h10H,1-5,7,9H2. The molecule has 1 atom stereocenters. The third-order valence-corrected chi connectivity index (χ3v) is 3.46. The first kappa shape index (κ1) is 9.49. The van der Waals surface area contributed by atoms with Gasteiger partial charge in [0.15, 0.2) is 0 Å². The SMILES string of the molecule is N#CCC1(CN2CCCC2C#N)CC1. The van der Waals surface area contributed by atoms with E-state index in [-0.39, 0.29) is 11.5 Å². The highest BCUT2D eigenvalue weighted by Crippen LogP contribution is 2.49. The Morgan fingerprint density at radius 2 is 2.14 bits per heavy atom. The average Bonchev–Trinajstić information content (AvgIpc) is 2.79. The van der Waals surface area contributed by atoms with Crippen LogP contribution in [0.2, 0.25) is 0 Å². The van der Waals surface area contributed by atoms with E-state index in [1.165, 1.54) is 12.8 Å². The minimum atomic E-state index is 0.117. The molecule has 0 bridgehead atoms. The van der Waals surface area contributed by atoms with Crippen molar-refractivity contribution in [2.24, 2.45) is 5.41 Å². The highest BCUT2D eigenvalue weighted by molar-refractivity contribution is 5.05. The molecule has 1 aliphatic heterocycles. The predicted octanol–water partition coefficient (Wildman–Crippen LogP) is 1.67. The quantitative estimate of drug-likeness (QED) is 0.678. The average molecular weight is 189 g/mol. The van der Waals surface area contributed by atoms with Gasteiger partial charge in [-0.2, -0.15) is 10.5 Å². The summed E-state index contributed by atoms with van der Waals surface area (Å²) >= 11 is 0. The molecule has 0 aromatic rings. The summed E-state index contributed by atoms with van der Waals surface area (Å²) in [6.07, 6.45) is 5.17. The van der Waals surface area contributed by atoms with E-state index >= 15 is 0 Å². The summed E-state index contributed by atoms with van der Waals surface area (Å²) in [4.78, 5) is 2.27. The molecule has 74 valence electrons. The first-order chi connectivity index (χ1) is 6.79. The number of nitriles is 2. The number of rotatable bonds is 3. The zero-order valence-electron chi connectivity index (χ0n) is 8.37. The molecule has 0 N–H and O–H groups in total. The van der Waals surface area contributed by atoms with Crippen LogP contribution in [0, 0.1) is 28.1 Å². The van der Waals surface area contributed by atoms with E-state index in [0.717, 1.165) is 25.9 Å². The fourth-order valence-corrected chi connectivity index (χ4v) is 2.33. The monoisotopic (exact) mass is 189 g/mol. The highest BCUT2D eigenvalue weighted by atomic mass is 15.2. The summed E-state index contributed by atoms with van der Waals surface area (Å²) in [7, 11) is 0. The second-order valence-corrected chi connectivity index (χ2v) is 4.59. The Bertz CT molecular complexity index is 293. The number of likely N-dealkylation sites (tertiary alicyclic amines) is 1. The minimum absolute atomic E-state index is 0.117. The summed E-state index contributed by atoms with van der Waals surface area (Å²) in [5.41, 5.74) is 0.258. The van der Waals surface area contributed by atoms with Crippen LogP contribution in [0.3, 0.4) is 0 Å². The van der Waals surface area contributed by atoms with Crippen LogP contribution >= 0.6 is 0 Å². The zero-order chi connectivity index (χ0) is 10.0. The van der Waals surface area contributed by atoms with Crippen molar-refractivity contribution in [2.75, 3.05) is 13.1 Å². The molecule has 0 spiro atoms. The van der Waals surface area contributed by atoms with E-state index in [0.29, 0.717) is 6.42 Å². The zero-order valence-corrected chi connectivity index (χ0v) is 8.37. The molecule has 2 fully saturated rings. The fourth-order valence-electron chi connectivity index (χ4n) is 2.33. The van der Waals surface area contributed by atoms with Gasteiger partial charge in [0, 0.05) is 13.0 Å². The van der Waals surface area contributed by atoms with Gasteiger partial charge in [-0.05, 0) is 37.6 Å². The van der Waals surface area contributed by atoms with Crippen molar-refractivity contribution in [2.45, 2.75) is 38.1 Å². The maximum absolute atomic E-state index is 8.93. The summed E-state index contributed by atoms with van der Waals surface area (Å²) in [6, 6.07) is 4.73. The van der Waals surface area contributed by atoms with E-state index < -0.39 is 0 Å². The second kappa shape index (κ2) is 3.59. The van der Waals surface area contributed by atoms with E-state index in [1.807, 2.05) is 0 Å². The molecule has 0 aromatic carbocycles. The van der Waals surface area contributed by atoms with Crippen molar-refractivity contribution in [1.82, 2.24) is 4.90 Å². The van der Waals surface area contributed by atoms with Gasteiger partial charge < -0.3 is 0 Å². The molecular weight excluding hydrogens is 174 g/mol. The van der Waals surface area contributed by atoms with Crippen LogP contribution in [0.4, 0.5) is 0 Å². The Labute approximate surface area is 84.9 Å². The van der Waals surface area contributed by atoms with Crippen molar-refractivity contribution >= 4 is 0 Å². The van der Waals surface area contributed by atoms with Crippen LogP contribution in [0.15, 0.2) is 0 Å². The topological polar surface area (TPSA) is 50.8 Å². The van der Waals surface area contributed by atoms with Crippen molar-refractivity contribution in [3.05, 3.63) is 0 Å². The maximum Gasteiger partial charge on any atom is 0.0978 e. The van der Waals surface area contributed by atoms with Gasteiger partial charge in [-0.15, -0.1) is 0 Å². The number of nitrogens with zero attached hydrogens (tertiary/aromatic N) is 3. The largest absolute Gasteiger partial charge is 0.287 e. The highest BCUT2D eigenvalue weighted by Gasteiger charge is 2.45. The Kier molecular flexibility index (Phi) is 2.44. The summed E-state index contributed by atoms with van der Waals surface area (Å²) in [6.45, 7) is 2.02. The predicted molar refractivity (Wildman–Crippen MR) is 52.1 cm³/mol. The van der Waals surface area contributed by atoms with Crippen LogP contribution in [0.5, 0.6) is 0 Å². The molecule has 0 aromatic heterocycles. The van der Waals surface area contributed by atoms with Gasteiger partial charge in [-0.25, -0.2) is 0 Å². The normalized spacial score (nSPS) is 29.4.